The molecule has 8 nitrogen and oxygen atoms in total. The van der Waals surface area contributed by atoms with Gasteiger partial charge >= 0.3 is 0 Å². The largest absolute Gasteiger partial charge is 0.397 e. The second kappa shape index (κ2) is 11.8. The van der Waals surface area contributed by atoms with Crippen LogP contribution in [-0.2, 0) is 20.8 Å². The van der Waals surface area contributed by atoms with Crippen molar-refractivity contribution >= 4 is 24.9 Å². The average Bonchev–Trinajstić information content (AvgIpc) is 2.87. The number of amidine groups is 1. The van der Waals surface area contributed by atoms with Gasteiger partial charge in [-0.1, -0.05) is 73.6 Å². The number of hydrazone groups is 1. The van der Waals surface area contributed by atoms with Crippen LogP contribution in [0.5, 0.6) is 0 Å². The zero-order valence-electron chi connectivity index (χ0n) is 20.5. The van der Waals surface area contributed by atoms with E-state index in [1.807, 2.05) is 55.5 Å². The van der Waals surface area contributed by atoms with Gasteiger partial charge in [0.1, 0.15) is 12.9 Å². The molecular weight excluding hydrogens is 442 g/mol. The van der Waals surface area contributed by atoms with Gasteiger partial charge in [-0.3, -0.25) is 14.5 Å². The van der Waals surface area contributed by atoms with Gasteiger partial charge in [-0.15, -0.1) is 0 Å². The molecule has 0 fully saturated rings. The first kappa shape index (κ1) is 25.4. The third kappa shape index (κ3) is 5.32. The predicted molar refractivity (Wildman–Crippen MR) is 138 cm³/mol. The number of hydrogen-bond donors (Lipinski definition) is 1. The molecule has 1 N–H and O–H groups in total. The second-order valence-corrected chi connectivity index (χ2v) is 7.90. The topological polar surface area (TPSA) is 86.6 Å². The van der Waals surface area contributed by atoms with Crippen LogP contribution in [0.3, 0.4) is 0 Å². The third-order valence-electron chi connectivity index (χ3n) is 5.81. The van der Waals surface area contributed by atoms with Crippen LogP contribution in [0.2, 0.25) is 0 Å². The molecule has 0 saturated carbocycles. The fourth-order valence-electron chi connectivity index (χ4n) is 4.21. The summed E-state index contributed by atoms with van der Waals surface area (Å²) in [5.74, 6) is 0.806. The first-order valence-corrected chi connectivity index (χ1v) is 11.5. The quantitative estimate of drug-likeness (QED) is 0.242. The van der Waals surface area contributed by atoms with Gasteiger partial charge in [0.2, 0.25) is 6.41 Å². The summed E-state index contributed by atoms with van der Waals surface area (Å²) in [6.45, 7) is 12.2. The first-order chi connectivity index (χ1) is 17.0. The Hall–Kier alpha value is -4.20. The number of allylic oxidation sites excluding steroid dienone is 1. The van der Waals surface area contributed by atoms with E-state index in [2.05, 4.69) is 35.8 Å². The Kier molecular flexibility index (Phi) is 8.56. The van der Waals surface area contributed by atoms with Crippen molar-refractivity contribution in [3.63, 3.8) is 0 Å². The maximum absolute atomic E-state index is 13.3. The zero-order valence-corrected chi connectivity index (χ0v) is 20.5. The molecule has 182 valence electrons. The lowest BCUT2D eigenvalue weighted by Crippen LogP contribution is -2.43. The van der Waals surface area contributed by atoms with E-state index in [0.29, 0.717) is 43.0 Å². The molecule has 0 unspecified atom stereocenters. The highest BCUT2D eigenvalue weighted by Crippen LogP contribution is 2.32. The van der Waals surface area contributed by atoms with E-state index in [-0.39, 0.29) is 5.91 Å². The molecule has 2 aromatic rings. The lowest BCUT2D eigenvalue weighted by Gasteiger charge is -2.38. The lowest BCUT2D eigenvalue weighted by atomic mass is 9.94. The standard InChI is InChI=1S/C27H31N5O3/c1-6-10-25-24(27(34)31(7-2)19(3)32(25)28-4)17-20-13-15-21(16-14-20)22-11-8-9-12-23(22)26(29-18-33)30-35-5/h8-9,11-16,18H,3-4,6-7,10,17H2,1-2,5H3,(H,29,30,33). The molecule has 0 aromatic heterocycles. The van der Waals surface area contributed by atoms with Crippen LogP contribution in [0.1, 0.15) is 37.8 Å². The Morgan fingerprint density at radius 2 is 1.86 bits per heavy atom. The minimum Gasteiger partial charge on any atom is -0.397 e. The third-order valence-corrected chi connectivity index (χ3v) is 5.81. The maximum atomic E-state index is 13.3. The van der Waals surface area contributed by atoms with Gasteiger partial charge in [0.25, 0.3) is 5.91 Å². The Bertz CT molecular complexity index is 1170. The van der Waals surface area contributed by atoms with Crippen molar-refractivity contribution in [2.45, 2.75) is 33.1 Å². The molecule has 0 atom stereocenters. The molecule has 1 aliphatic heterocycles. The summed E-state index contributed by atoms with van der Waals surface area (Å²) in [5, 5.41) is 12.4. The Balaban J connectivity index is 1.98. The van der Waals surface area contributed by atoms with Crippen LogP contribution >= 0.6 is 0 Å². The van der Waals surface area contributed by atoms with Crippen molar-refractivity contribution in [3.8, 4) is 11.1 Å². The molecule has 2 aromatic carbocycles. The van der Waals surface area contributed by atoms with Crippen molar-refractivity contribution in [3.05, 3.63) is 83.3 Å². The normalized spacial score (nSPS) is 14.3. The van der Waals surface area contributed by atoms with Crippen molar-refractivity contribution in [2.75, 3.05) is 13.7 Å². The summed E-state index contributed by atoms with van der Waals surface area (Å²) in [5.41, 5.74) is 5.10. The summed E-state index contributed by atoms with van der Waals surface area (Å²) in [7, 11) is 1.43. The van der Waals surface area contributed by atoms with Crippen molar-refractivity contribution < 1.29 is 14.4 Å². The number of hydrogen-bond acceptors (Lipinski definition) is 6. The summed E-state index contributed by atoms with van der Waals surface area (Å²) < 4.78 is 0. The van der Waals surface area contributed by atoms with Crippen LogP contribution in [0.15, 0.2) is 82.5 Å². The number of rotatable bonds is 10. The fourth-order valence-corrected chi connectivity index (χ4v) is 4.21. The van der Waals surface area contributed by atoms with E-state index < -0.39 is 0 Å². The Morgan fingerprint density at radius 3 is 2.46 bits per heavy atom. The van der Waals surface area contributed by atoms with E-state index in [0.717, 1.165) is 34.4 Å². The van der Waals surface area contributed by atoms with Gasteiger partial charge in [0, 0.05) is 30.8 Å². The lowest BCUT2D eigenvalue weighted by molar-refractivity contribution is -0.127. The van der Waals surface area contributed by atoms with Crippen molar-refractivity contribution in [2.24, 2.45) is 10.3 Å². The van der Waals surface area contributed by atoms with Crippen LogP contribution < -0.4 is 5.32 Å². The SMILES string of the molecule is C=NN1C(=C)N(CC)C(=O)C(Cc2ccc(-c3ccccc3/C(=N/OC)NC=O)cc2)=C1CCC. The van der Waals surface area contributed by atoms with E-state index in [9.17, 15) is 9.59 Å². The molecule has 1 heterocycles. The molecule has 2 amide bonds. The molecule has 0 spiro atoms. The number of oxime groups is 1. The van der Waals surface area contributed by atoms with Crippen LogP contribution in [0, 0.1) is 0 Å². The van der Waals surface area contributed by atoms with Gasteiger partial charge in [-0.25, -0.2) is 5.01 Å². The van der Waals surface area contributed by atoms with Gasteiger partial charge in [-0.05, 0) is 30.0 Å². The number of nitrogens with zero attached hydrogens (tertiary/aromatic N) is 4. The van der Waals surface area contributed by atoms with E-state index in [1.54, 1.807) is 9.91 Å². The average molecular weight is 474 g/mol. The van der Waals surface area contributed by atoms with Gasteiger partial charge < -0.3 is 10.2 Å². The number of likely N-dealkylation sites (N-methyl/N-ethyl adjacent to an activating group) is 1. The molecule has 0 radical (unpaired) electrons. The minimum absolute atomic E-state index is 0.0457. The van der Waals surface area contributed by atoms with Crippen molar-refractivity contribution in [1.82, 2.24) is 15.2 Å². The molecule has 35 heavy (non-hydrogen) atoms. The highest BCUT2D eigenvalue weighted by molar-refractivity contribution is 6.08. The van der Waals surface area contributed by atoms with Gasteiger partial charge in [-0.2, -0.15) is 5.10 Å². The maximum Gasteiger partial charge on any atom is 0.257 e. The van der Waals surface area contributed by atoms with E-state index in [1.165, 1.54) is 7.11 Å². The van der Waals surface area contributed by atoms with Crippen molar-refractivity contribution in [1.29, 1.82) is 0 Å². The minimum atomic E-state index is -0.0457. The molecule has 1 aliphatic rings. The summed E-state index contributed by atoms with van der Waals surface area (Å²) in [4.78, 5) is 30.9. The highest BCUT2D eigenvalue weighted by Gasteiger charge is 2.33. The smallest absolute Gasteiger partial charge is 0.257 e. The molecule has 0 saturated heterocycles. The number of carbonyl (C=O) groups is 2. The van der Waals surface area contributed by atoms with Gasteiger partial charge in [0.05, 0.1) is 5.70 Å². The summed E-state index contributed by atoms with van der Waals surface area (Å²) >= 11 is 0. The van der Waals surface area contributed by atoms with Crippen LogP contribution in [0.25, 0.3) is 11.1 Å². The monoisotopic (exact) mass is 473 g/mol. The summed E-state index contributed by atoms with van der Waals surface area (Å²) in [6, 6.07) is 15.6. The predicted octanol–water partition coefficient (Wildman–Crippen LogP) is 4.26. The van der Waals surface area contributed by atoms with Crippen LogP contribution in [0.4, 0.5) is 0 Å². The van der Waals surface area contributed by atoms with E-state index in [4.69, 9.17) is 4.84 Å². The van der Waals surface area contributed by atoms with Gasteiger partial charge in [0.15, 0.2) is 5.84 Å². The molecule has 3 rings (SSSR count). The summed E-state index contributed by atoms with van der Waals surface area (Å²) in [6.07, 6.45) is 2.60. The fraction of sp³-hybridized carbons (Fsp3) is 0.259. The number of benzene rings is 2. The molecule has 0 aliphatic carbocycles. The molecule has 8 heteroatoms. The second-order valence-electron chi connectivity index (χ2n) is 7.90. The number of nitrogens with one attached hydrogen (secondary N) is 1. The van der Waals surface area contributed by atoms with E-state index >= 15 is 0 Å². The zero-order chi connectivity index (χ0) is 25.4. The Labute approximate surface area is 206 Å². The molecular formula is C27H31N5O3. The number of amides is 2. The number of carbonyl (C=O) groups excluding carboxylic acids is 2. The Morgan fingerprint density at radius 1 is 1.14 bits per heavy atom. The first-order valence-electron chi connectivity index (χ1n) is 11.5. The van der Waals surface area contributed by atoms with Crippen LogP contribution in [-0.4, -0.2) is 48.4 Å². The highest BCUT2D eigenvalue weighted by atomic mass is 16.6. The molecule has 0 bridgehead atoms.